The van der Waals surface area contributed by atoms with Crippen molar-refractivity contribution >= 4 is 64.0 Å². The minimum Gasteiger partial charge on any atom is -0.423 e. The van der Waals surface area contributed by atoms with E-state index in [9.17, 15) is 14.4 Å². The SMILES string of the molecule is Cc1cc(OC(=O)c2ccc(NC3=C(Cl)C(=O)N(c4ccc(Cl)cc4C)C3=O)cc2)ccc1Cl. The number of carbonyl (C=O) groups excluding carboxylic acids is 3. The monoisotopic (exact) mass is 514 g/mol. The van der Waals surface area contributed by atoms with Crippen LogP contribution in [0.3, 0.4) is 0 Å². The van der Waals surface area contributed by atoms with Crippen LogP contribution in [0.2, 0.25) is 10.0 Å². The number of anilines is 2. The van der Waals surface area contributed by atoms with Crippen LogP contribution in [-0.2, 0) is 9.59 Å². The van der Waals surface area contributed by atoms with Crippen molar-refractivity contribution in [2.75, 3.05) is 10.2 Å². The summed E-state index contributed by atoms with van der Waals surface area (Å²) in [5.41, 5.74) is 2.53. The Hall–Kier alpha value is -3.32. The first kappa shape index (κ1) is 23.8. The normalized spacial score (nSPS) is 13.5. The highest BCUT2D eigenvalue weighted by Gasteiger charge is 2.39. The Bertz CT molecular complexity index is 1370. The van der Waals surface area contributed by atoms with Gasteiger partial charge in [0.15, 0.2) is 0 Å². The van der Waals surface area contributed by atoms with Crippen molar-refractivity contribution < 1.29 is 19.1 Å². The maximum Gasteiger partial charge on any atom is 0.343 e. The number of hydrogen-bond acceptors (Lipinski definition) is 5. The number of hydrogen-bond donors (Lipinski definition) is 1. The lowest BCUT2D eigenvalue weighted by molar-refractivity contribution is -0.120. The number of esters is 1. The van der Waals surface area contributed by atoms with Crippen LogP contribution in [0.15, 0.2) is 71.4 Å². The van der Waals surface area contributed by atoms with Crippen molar-refractivity contribution in [3.05, 3.63) is 98.1 Å². The van der Waals surface area contributed by atoms with E-state index in [1.54, 1.807) is 55.5 Å². The van der Waals surface area contributed by atoms with Gasteiger partial charge in [-0.1, -0.05) is 34.8 Å². The average molecular weight is 516 g/mol. The average Bonchev–Trinajstić information content (AvgIpc) is 3.00. The Labute approximate surface area is 210 Å². The molecule has 1 heterocycles. The molecular weight excluding hydrogens is 499 g/mol. The maximum absolute atomic E-state index is 13.0. The van der Waals surface area contributed by atoms with Crippen molar-refractivity contribution in [3.63, 3.8) is 0 Å². The Balaban J connectivity index is 1.49. The number of amides is 2. The van der Waals surface area contributed by atoms with E-state index >= 15 is 0 Å². The van der Waals surface area contributed by atoms with E-state index in [1.807, 2.05) is 6.92 Å². The summed E-state index contributed by atoms with van der Waals surface area (Å²) >= 11 is 18.2. The third-order valence-electron chi connectivity index (χ3n) is 5.16. The summed E-state index contributed by atoms with van der Waals surface area (Å²) in [5, 5.41) is 3.70. The van der Waals surface area contributed by atoms with Gasteiger partial charge in [0.2, 0.25) is 0 Å². The van der Waals surface area contributed by atoms with E-state index < -0.39 is 17.8 Å². The molecule has 172 valence electrons. The van der Waals surface area contributed by atoms with Crippen LogP contribution in [0.5, 0.6) is 5.75 Å². The molecule has 0 saturated carbocycles. The largest absolute Gasteiger partial charge is 0.423 e. The summed E-state index contributed by atoms with van der Waals surface area (Å²) in [6.45, 7) is 3.55. The summed E-state index contributed by atoms with van der Waals surface area (Å²) in [5.74, 6) is -1.42. The molecule has 3 aromatic carbocycles. The zero-order valence-electron chi connectivity index (χ0n) is 18.0. The highest BCUT2D eigenvalue weighted by atomic mass is 35.5. The predicted octanol–water partition coefficient (Wildman–Crippen LogP) is 6.27. The lowest BCUT2D eigenvalue weighted by atomic mass is 10.2. The number of ether oxygens (including phenoxy) is 1. The van der Waals surface area contributed by atoms with Gasteiger partial charge in [0.25, 0.3) is 11.8 Å². The fraction of sp³-hybridized carbons (Fsp3) is 0.0800. The minimum atomic E-state index is -0.641. The smallest absolute Gasteiger partial charge is 0.343 e. The van der Waals surface area contributed by atoms with Crippen molar-refractivity contribution in [2.24, 2.45) is 0 Å². The first-order chi connectivity index (χ1) is 16.2. The number of rotatable bonds is 5. The van der Waals surface area contributed by atoms with Crippen molar-refractivity contribution in [1.29, 1.82) is 0 Å². The van der Waals surface area contributed by atoms with Gasteiger partial charge in [-0.05, 0) is 85.6 Å². The zero-order chi connectivity index (χ0) is 24.6. The second kappa shape index (κ2) is 9.50. The highest BCUT2D eigenvalue weighted by molar-refractivity contribution is 6.53. The van der Waals surface area contributed by atoms with E-state index in [2.05, 4.69) is 5.32 Å². The molecule has 0 aliphatic carbocycles. The summed E-state index contributed by atoms with van der Waals surface area (Å²) < 4.78 is 5.38. The molecule has 6 nitrogen and oxygen atoms in total. The predicted molar refractivity (Wildman–Crippen MR) is 133 cm³/mol. The Morgan fingerprint density at radius 1 is 0.853 bits per heavy atom. The first-order valence-electron chi connectivity index (χ1n) is 10.1. The summed E-state index contributed by atoms with van der Waals surface area (Å²) in [7, 11) is 0. The zero-order valence-corrected chi connectivity index (χ0v) is 20.3. The fourth-order valence-corrected chi connectivity index (χ4v) is 3.94. The standard InChI is InChI=1S/C25H17Cl3N2O4/c1-13-12-18(8-9-19(13)27)34-25(33)15-3-6-17(7-4-15)29-22-21(28)23(31)30(24(22)32)20-10-5-16(26)11-14(20)2/h3-12,29H,1-2H3. The van der Waals surface area contributed by atoms with Crippen LogP contribution >= 0.6 is 34.8 Å². The van der Waals surface area contributed by atoms with E-state index in [0.717, 1.165) is 10.5 Å². The molecule has 0 atom stereocenters. The summed E-state index contributed by atoms with van der Waals surface area (Å²) in [6.07, 6.45) is 0. The van der Waals surface area contributed by atoms with Crippen LogP contribution < -0.4 is 15.0 Å². The lowest BCUT2D eigenvalue weighted by Gasteiger charge is -2.17. The number of benzene rings is 3. The van der Waals surface area contributed by atoms with Gasteiger partial charge >= 0.3 is 5.97 Å². The van der Waals surface area contributed by atoms with Crippen LogP contribution in [0.25, 0.3) is 0 Å². The molecule has 9 heteroatoms. The second-order valence-electron chi connectivity index (χ2n) is 7.57. The number of aryl methyl sites for hydroxylation is 2. The molecule has 3 aromatic rings. The molecule has 1 aliphatic heterocycles. The number of carbonyl (C=O) groups is 3. The molecule has 0 saturated heterocycles. The molecule has 1 aliphatic rings. The van der Waals surface area contributed by atoms with E-state index in [1.165, 1.54) is 12.1 Å². The van der Waals surface area contributed by atoms with Gasteiger partial charge < -0.3 is 10.1 Å². The number of imide groups is 1. The summed E-state index contributed by atoms with van der Waals surface area (Å²) in [6, 6.07) is 16.0. The van der Waals surface area contributed by atoms with Gasteiger partial charge in [-0.15, -0.1) is 0 Å². The maximum atomic E-state index is 13.0. The van der Waals surface area contributed by atoms with E-state index in [-0.39, 0.29) is 10.7 Å². The van der Waals surface area contributed by atoms with Crippen LogP contribution in [0, 0.1) is 13.8 Å². The minimum absolute atomic E-state index is 0.0621. The van der Waals surface area contributed by atoms with Gasteiger partial charge in [0.1, 0.15) is 16.5 Å². The molecule has 4 rings (SSSR count). The quantitative estimate of drug-likeness (QED) is 0.246. The molecule has 0 bridgehead atoms. The second-order valence-corrected chi connectivity index (χ2v) is 8.79. The van der Waals surface area contributed by atoms with E-state index in [0.29, 0.717) is 38.3 Å². The van der Waals surface area contributed by atoms with Crippen molar-refractivity contribution in [2.45, 2.75) is 13.8 Å². The number of halogens is 3. The number of nitrogens with one attached hydrogen (secondary N) is 1. The molecule has 0 radical (unpaired) electrons. The third-order valence-corrected chi connectivity index (χ3v) is 6.17. The first-order valence-corrected chi connectivity index (χ1v) is 11.2. The molecule has 0 aromatic heterocycles. The molecular formula is C25H17Cl3N2O4. The topological polar surface area (TPSA) is 75.7 Å². The Kier molecular flexibility index (Phi) is 6.66. The van der Waals surface area contributed by atoms with Gasteiger partial charge in [0, 0.05) is 15.7 Å². The Morgan fingerprint density at radius 3 is 2.21 bits per heavy atom. The fourth-order valence-electron chi connectivity index (χ4n) is 3.38. The van der Waals surface area contributed by atoms with Gasteiger partial charge in [-0.2, -0.15) is 0 Å². The van der Waals surface area contributed by atoms with Gasteiger partial charge in [0.05, 0.1) is 11.3 Å². The van der Waals surface area contributed by atoms with Crippen molar-refractivity contribution in [1.82, 2.24) is 0 Å². The molecule has 34 heavy (non-hydrogen) atoms. The van der Waals surface area contributed by atoms with Crippen molar-refractivity contribution in [3.8, 4) is 5.75 Å². The lowest BCUT2D eigenvalue weighted by Crippen LogP contribution is -2.32. The molecule has 0 spiro atoms. The third kappa shape index (κ3) is 4.66. The van der Waals surface area contributed by atoms with Crippen LogP contribution in [0.1, 0.15) is 21.5 Å². The highest BCUT2D eigenvalue weighted by Crippen LogP contribution is 2.33. The summed E-state index contributed by atoms with van der Waals surface area (Å²) in [4.78, 5) is 39.1. The molecule has 0 fully saturated rings. The van der Waals surface area contributed by atoms with Gasteiger partial charge in [-0.25, -0.2) is 9.69 Å². The molecule has 0 unspecified atom stereocenters. The van der Waals surface area contributed by atoms with Crippen LogP contribution in [-0.4, -0.2) is 17.8 Å². The van der Waals surface area contributed by atoms with Gasteiger partial charge in [-0.3, -0.25) is 9.59 Å². The van der Waals surface area contributed by atoms with Crippen LogP contribution in [0.4, 0.5) is 11.4 Å². The molecule has 1 N–H and O–H groups in total. The Morgan fingerprint density at radius 2 is 1.56 bits per heavy atom. The number of nitrogens with zero attached hydrogens (tertiary/aromatic N) is 1. The van der Waals surface area contributed by atoms with E-state index in [4.69, 9.17) is 39.5 Å². The molecule has 2 amide bonds.